The number of nitrogens with one attached hydrogen (secondary N) is 2. The molecule has 4 heterocycles. The summed E-state index contributed by atoms with van der Waals surface area (Å²) in [7, 11) is 3.41. The minimum atomic E-state index is -0.130. The maximum atomic E-state index is 12.3. The van der Waals surface area contributed by atoms with E-state index in [2.05, 4.69) is 80.6 Å². The Labute approximate surface area is 367 Å². The first-order chi connectivity index (χ1) is 29.7. The molecule has 0 amide bonds. The summed E-state index contributed by atoms with van der Waals surface area (Å²) in [5.41, 5.74) is 5.22. The maximum Gasteiger partial charge on any atom is 0.255 e. The Balaban J connectivity index is 0.000000231. The van der Waals surface area contributed by atoms with Gasteiger partial charge in [0.15, 0.2) is 10.3 Å². The zero-order valence-electron chi connectivity index (χ0n) is 35.7. The molecule has 0 bridgehead atoms. The fourth-order valence-electron chi connectivity index (χ4n) is 6.77. The van der Waals surface area contributed by atoms with Crippen molar-refractivity contribution < 1.29 is 0 Å². The van der Waals surface area contributed by atoms with Gasteiger partial charge in [-0.05, 0) is 72.9 Å². The smallest absolute Gasteiger partial charge is 0.255 e. The Hall–Kier alpha value is -5.20. The van der Waals surface area contributed by atoms with Gasteiger partial charge in [-0.2, -0.15) is 0 Å². The largest absolute Gasteiger partial charge is 0.319 e. The molecule has 4 aromatic heterocycles. The van der Waals surface area contributed by atoms with Crippen LogP contribution in [0, 0.1) is 0 Å². The van der Waals surface area contributed by atoms with Gasteiger partial charge >= 0.3 is 0 Å². The van der Waals surface area contributed by atoms with Gasteiger partial charge in [-0.25, -0.2) is 9.97 Å². The Morgan fingerprint density at radius 3 is 1.23 bits per heavy atom. The molecular formula is C49H60N6O4S2. The van der Waals surface area contributed by atoms with E-state index in [0.29, 0.717) is 34.3 Å². The molecule has 12 heteroatoms. The van der Waals surface area contributed by atoms with Crippen LogP contribution in [-0.4, -0.2) is 40.6 Å². The van der Waals surface area contributed by atoms with Crippen LogP contribution in [0.15, 0.2) is 139 Å². The number of hydrogen-bond donors (Lipinski definition) is 2. The third kappa shape index (κ3) is 17.4. The van der Waals surface area contributed by atoms with Crippen molar-refractivity contribution in [2.45, 2.75) is 107 Å². The van der Waals surface area contributed by atoms with E-state index < -0.39 is 0 Å². The van der Waals surface area contributed by atoms with Gasteiger partial charge < -0.3 is 19.1 Å². The standard InChI is InChI=1S/C25H31N3O2S.C24H29N3O2S/c1-28-15-14-21(18-23(28)29)17-22-19-26-25(27-24(22)30)31-16-10-5-3-2-4-7-11-20-12-8-6-9-13-20;1-27-14-13-20(17-22(27)28)16-21-18-25-24(26-23(21)29)30-15-9-4-2-3-6-10-19-11-7-5-8-12-19/h6,8-9,12-15,18-19H,2-5,7,10-11,16-17H2,1H3,(H,26,27,30);5,7-8,11-14,17-18H,2-4,6,9-10,15-16H2,1H3,(H,25,26,29). The van der Waals surface area contributed by atoms with Crippen LogP contribution in [0.2, 0.25) is 0 Å². The number of aromatic nitrogens is 6. The number of aryl methyl sites for hydroxylation is 4. The van der Waals surface area contributed by atoms with Crippen LogP contribution in [0.3, 0.4) is 0 Å². The molecule has 0 radical (unpaired) electrons. The van der Waals surface area contributed by atoms with Gasteiger partial charge in [0.1, 0.15) is 0 Å². The molecule has 0 unspecified atom stereocenters. The molecule has 0 saturated carbocycles. The number of pyridine rings is 2. The van der Waals surface area contributed by atoms with Gasteiger partial charge in [0, 0.05) is 86.5 Å². The molecule has 0 aliphatic carbocycles. The number of nitrogens with zero attached hydrogens (tertiary/aromatic N) is 4. The normalized spacial score (nSPS) is 11.0. The predicted molar refractivity (Wildman–Crippen MR) is 251 cm³/mol. The summed E-state index contributed by atoms with van der Waals surface area (Å²) in [5, 5.41) is 1.33. The molecular weight excluding hydrogens is 801 g/mol. The van der Waals surface area contributed by atoms with Crippen molar-refractivity contribution in [2.75, 3.05) is 11.5 Å². The lowest BCUT2D eigenvalue weighted by molar-refractivity contribution is 0.609. The lowest BCUT2D eigenvalue weighted by atomic mass is 10.1. The van der Waals surface area contributed by atoms with Crippen molar-refractivity contribution in [2.24, 2.45) is 14.1 Å². The molecule has 0 fully saturated rings. The van der Waals surface area contributed by atoms with Gasteiger partial charge in [-0.3, -0.25) is 19.2 Å². The van der Waals surface area contributed by atoms with E-state index in [0.717, 1.165) is 41.9 Å². The highest BCUT2D eigenvalue weighted by atomic mass is 32.2. The average molecular weight is 861 g/mol. The highest BCUT2D eigenvalue weighted by Gasteiger charge is 2.08. The number of unbranched alkanes of at least 4 members (excludes halogenated alkanes) is 9. The van der Waals surface area contributed by atoms with Gasteiger partial charge in [-0.15, -0.1) is 0 Å². The molecule has 0 aliphatic rings. The first kappa shape index (κ1) is 46.9. The van der Waals surface area contributed by atoms with Crippen molar-refractivity contribution in [3.8, 4) is 0 Å². The van der Waals surface area contributed by atoms with Gasteiger partial charge in [0.25, 0.3) is 22.2 Å². The van der Waals surface area contributed by atoms with E-state index in [1.54, 1.807) is 74.5 Å². The third-order valence-corrected chi connectivity index (χ3v) is 12.4. The molecule has 0 atom stereocenters. The molecule has 0 saturated heterocycles. The van der Waals surface area contributed by atoms with Crippen molar-refractivity contribution in [1.82, 2.24) is 29.1 Å². The van der Waals surface area contributed by atoms with Crippen molar-refractivity contribution in [3.05, 3.63) is 185 Å². The summed E-state index contributed by atoms with van der Waals surface area (Å²) < 4.78 is 3.02. The van der Waals surface area contributed by atoms with Crippen LogP contribution in [0.1, 0.15) is 104 Å². The van der Waals surface area contributed by atoms with E-state index in [4.69, 9.17) is 0 Å². The topological polar surface area (TPSA) is 136 Å². The molecule has 0 aliphatic heterocycles. The maximum absolute atomic E-state index is 12.3. The van der Waals surface area contributed by atoms with Gasteiger partial charge in [-0.1, -0.05) is 129 Å². The quantitative estimate of drug-likeness (QED) is 0.0370. The highest BCUT2D eigenvalue weighted by molar-refractivity contribution is 7.99. The second-order valence-electron chi connectivity index (χ2n) is 15.5. The molecule has 6 rings (SSSR count). The third-order valence-electron chi connectivity index (χ3n) is 10.5. The molecule has 2 N–H and O–H groups in total. The van der Waals surface area contributed by atoms with Crippen LogP contribution in [-0.2, 0) is 39.8 Å². The lowest BCUT2D eigenvalue weighted by Gasteiger charge is -2.05. The van der Waals surface area contributed by atoms with Crippen LogP contribution in [0.25, 0.3) is 0 Å². The minimum Gasteiger partial charge on any atom is -0.319 e. The zero-order chi connectivity index (χ0) is 43.1. The number of H-pyrrole nitrogens is 2. The Morgan fingerprint density at radius 2 is 0.852 bits per heavy atom. The van der Waals surface area contributed by atoms with E-state index in [1.807, 2.05) is 12.1 Å². The second-order valence-corrected chi connectivity index (χ2v) is 17.6. The van der Waals surface area contributed by atoms with E-state index in [1.165, 1.54) is 84.5 Å². The SMILES string of the molecule is Cn1ccc(Cc2cnc(SCCCCCCCCc3ccccc3)[nH]c2=O)cc1=O.Cn1ccc(Cc2cnc(SCCCCCCCc3ccccc3)[nH]c2=O)cc1=O. The number of thioether (sulfide) groups is 2. The van der Waals surface area contributed by atoms with Crippen molar-refractivity contribution >= 4 is 23.5 Å². The molecule has 6 aromatic rings. The summed E-state index contributed by atoms with van der Waals surface area (Å²) in [4.78, 5) is 62.6. The highest BCUT2D eigenvalue weighted by Crippen LogP contribution is 2.18. The zero-order valence-corrected chi connectivity index (χ0v) is 37.3. The number of rotatable bonds is 23. The summed E-state index contributed by atoms with van der Waals surface area (Å²) >= 11 is 3.19. The first-order valence-corrected chi connectivity index (χ1v) is 23.5. The van der Waals surface area contributed by atoms with Gasteiger partial charge in [0.2, 0.25) is 0 Å². The number of hydrogen-bond acceptors (Lipinski definition) is 8. The van der Waals surface area contributed by atoms with Crippen LogP contribution in [0.4, 0.5) is 0 Å². The summed E-state index contributed by atoms with van der Waals surface area (Å²) in [5.74, 6) is 1.91. The van der Waals surface area contributed by atoms with Crippen LogP contribution in [0.5, 0.6) is 0 Å². The van der Waals surface area contributed by atoms with E-state index >= 15 is 0 Å². The first-order valence-electron chi connectivity index (χ1n) is 21.5. The fourth-order valence-corrected chi connectivity index (χ4v) is 8.44. The molecule has 10 nitrogen and oxygen atoms in total. The fraction of sp³-hybridized carbons (Fsp3) is 0.388. The average Bonchev–Trinajstić information content (AvgIpc) is 3.26. The van der Waals surface area contributed by atoms with Gasteiger partial charge in [0.05, 0.1) is 0 Å². The monoisotopic (exact) mass is 860 g/mol. The molecule has 322 valence electrons. The van der Waals surface area contributed by atoms with E-state index in [-0.39, 0.29) is 22.2 Å². The predicted octanol–water partition coefficient (Wildman–Crippen LogP) is 9.08. The summed E-state index contributed by atoms with van der Waals surface area (Å²) in [6.45, 7) is 0. The number of benzene rings is 2. The molecule has 2 aromatic carbocycles. The summed E-state index contributed by atoms with van der Waals surface area (Å²) in [6.07, 6.45) is 23.3. The minimum absolute atomic E-state index is 0.0785. The van der Waals surface area contributed by atoms with E-state index in [9.17, 15) is 19.2 Å². The Morgan fingerprint density at radius 1 is 0.475 bits per heavy atom. The Bertz CT molecular complexity index is 2450. The Kier molecular flexibility index (Phi) is 20.1. The van der Waals surface area contributed by atoms with Crippen molar-refractivity contribution in [1.29, 1.82) is 0 Å². The molecule has 0 spiro atoms. The van der Waals surface area contributed by atoms with Crippen LogP contribution < -0.4 is 22.2 Å². The van der Waals surface area contributed by atoms with Crippen LogP contribution >= 0.6 is 23.5 Å². The lowest BCUT2D eigenvalue weighted by Crippen LogP contribution is -2.18. The second kappa shape index (κ2) is 26.2. The summed E-state index contributed by atoms with van der Waals surface area (Å²) in [6, 6.07) is 28.1. The molecule has 61 heavy (non-hydrogen) atoms. The van der Waals surface area contributed by atoms with Crippen molar-refractivity contribution in [3.63, 3.8) is 0 Å². The number of aromatic amines is 2.